The Morgan fingerprint density at radius 3 is 2.71 bits per heavy atom. The minimum atomic E-state index is -0.0660. The molecule has 24 heavy (non-hydrogen) atoms. The Hall–Kier alpha value is -2.08. The van der Waals surface area contributed by atoms with Crippen LogP contribution in [0.15, 0.2) is 29.8 Å². The van der Waals surface area contributed by atoms with Gasteiger partial charge in [0.15, 0.2) is 0 Å². The van der Waals surface area contributed by atoms with Gasteiger partial charge < -0.3 is 15.1 Å². The molecule has 0 aliphatic carbocycles. The molecule has 0 saturated carbocycles. The number of rotatable bonds is 6. The predicted octanol–water partition coefficient (Wildman–Crippen LogP) is 3.46. The minimum absolute atomic E-state index is 0.0660. The van der Waals surface area contributed by atoms with Crippen LogP contribution in [0.1, 0.15) is 29.0 Å². The van der Waals surface area contributed by atoms with Crippen molar-refractivity contribution in [3.63, 3.8) is 0 Å². The van der Waals surface area contributed by atoms with E-state index in [1.54, 1.807) is 22.4 Å². The van der Waals surface area contributed by atoms with Crippen LogP contribution in [-0.4, -0.2) is 43.6 Å². The van der Waals surface area contributed by atoms with Crippen LogP contribution in [0.25, 0.3) is 0 Å². The highest BCUT2D eigenvalue weighted by Gasteiger charge is 2.15. The third-order valence-corrected chi connectivity index (χ3v) is 4.93. The number of aryl methyl sites for hydroxylation is 1. The number of benzene rings is 1. The molecule has 5 nitrogen and oxygen atoms in total. The van der Waals surface area contributed by atoms with Crippen LogP contribution < -0.4 is 10.2 Å². The highest BCUT2D eigenvalue weighted by atomic mass is 32.1. The van der Waals surface area contributed by atoms with Gasteiger partial charge in [0.1, 0.15) is 0 Å². The monoisotopic (exact) mass is 346 g/mol. The maximum absolute atomic E-state index is 12.4. The Bertz CT molecular complexity index is 670. The largest absolute Gasteiger partial charge is 0.377 e. The Morgan fingerprint density at radius 2 is 2.08 bits per heavy atom. The number of hydrogen-bond acceptors (Lipinski definition) is 4. The Morgan fingerprint density at radius 1 is 1.33 bits per heavy atom. The van der Waals surface area contributed by atoms with Crippen molar-refractivity contribution in [1.82, 2.24) is 15.2 Å². The molecule has 1 N–H and O–H groups in total. The van der Waals surface area contributed by atoms with Gasteiger partial charge in [-0.3, -0.25) is 0 Å². The first-order valence-corrected chi connectivity index (χ1v) is 8.91. The molecule has 2 amide bonds. The van der Waals surface area contributed by atoms with Crippen molar-refractivity contribution in [3.05, 3.63) is 45.9 Å². The third-order valence-electron chi connectivity index (χ3n) is 3.92. The summed E-state index contributed by atoms with van der Waals surface area (Å²) in [6.45, 7) is 5.33. The van der Waals surface area contributed by atoms with Gasteiger partial charge in [0.05, 0.1) is 5.01 Å². The number of likely N-dealkylation sites (N-methyl/N-ethyl adjacent to an activating group) is 1. The summed E-state index contributed by atoms with van der Waals surface area (Å²) in [5.74, 6) is 0.234. The summed E-state index contributed by atoms with van der Waals surface area (Å²) in [5, 5.41) is 6.03. The van der Waals surface area contributed by atoms with Gasteiger partial charge in [0, 0.05) is 57.4 Å². The van der Waals surface area contributed by atoms with E-state index in [1.807, 2.05) is 26.5 Å². The van der Waals surface area contributed by atoms with Crippen molar-refractivity contribution in [2.24, 2.45) is 0 Å². The van der Waals surface area contributed by atoms with Gasteiger partial charge in [-0.15, -0.1) is 11.3 Å². The van der Waals surface area contributed by atoms with E-state index in [0.717, 1.165) is 16.3 Å². The second-order valence-corrected chi connectivity index (χ2v) is 7.26. The van der Waals surface area contributed by atoms with E-state index in [4.69, 9.17) is 0 Å². The van der Waals surface area contributed by atoms with E-state index in [1.165, 1.54) is 5.56 Å². The maximum Gasteiger partial charge on any atom is 0.317 e. The molecule has 1 atom stereocenters. The fraction of sp³-hybridized carbons (Fsp3) is 0.444. The van der Waals surface area contributed by atoms with Crippen LogP contribution in [0.2, 0.25) is 0 Å². The number of nitrogens with zero attached hydrogens (tertiary/aromatic N) is 3. The summed E-state index contributed by atoms with van der Waals surface area (Å²) < 4.78 is 0. The molecule has 130 valence electrons. The summed E-state index contributed by atoms with van der Waals surface area (Å²) in [6.07, 6.45) is 1.80. The first kappa shape index (κ1) is 18.3. The van der Waals surface area contributed by atoms with Gasteiger partial charge in [-0.2, -0.15) is 0 Å². The zero-order valence-electron chi connectivity index (χ0n) is 15.0. The molecule has 0 aliphatic rings. The number of amides is 2. The topological polar surface area (TPSA) is 48.5 Å². The lowest BCUT2D eigenvalue weighted by atomic mass is 10.1. The van der Waals surface area contributed by atoms with Crippen molar-refractivity contribution in [3.8, 4) is 0 Å². The number of carbonyl (C=O) groups is 1. The van der Waals surface area contributed by atoms with Crippen LogP contribution in [0.3, 0.4) is 0 Å². The minimum Gasteiger partial charge on any atom is -0.377 e. The summed E-state index contributed by atoms with van der Waals surface area (Å²) in [4.78, 5) is 20.5. The molecule has 0 radical (unpaired) electrons. The van der Waals surface area contributed by atoms with E-state index < -0.39 is 0 Å². The SMILES string of the molecule is Cc1ccc(CNC(=O)N(C)CC(C)c2nccs2)c(N(C)C)c1. The molecule has 1 aromatic heterocycles. The van der Waals surface area contributed by atoms with E-state index in [9.17, 15) is 4.79 Å². The molecule has 2 rings (SSSR count). The maximum atomic E-state index is 12.4. The van der Waals surface area contributed by atoms with Gasteiger partial charge in [0.25, 0.3) is 0 Å². The highest BCUT2D eigenvalue weighted by molar-refractivity contribution is 7.09. The van der Waals surface area contributed by atoms with Crippen LogP contribution in [0.4, 0.5) is 10.5 Å². The number of anilines is 1. The molecule has 0 fully saturated rings. The molecule has 0 aliphatic heterocycles. The Balaban J connectivity index is 1.93. The lowest BCUT2D eigenvalue weighted by molar-refractivity contribution is 0.206. The van der Waals surface area contributed by atoms with Crippen LogP contribution in [-0.2, 0) is 6.54 Å². The summed E-state index contributed by atoms with van der Waals surface area (Å²) in [5.41, 5.74) is 3.46. The highest BCUT2D eigenvalue weighted by Crippen LogP contribution is 2.21. The quantitative estimate of drug-likeness (QED) is 0.871. The summed E-state index contributed by atoms with van der Waals surface area (Å²) >= 11 is 1.63. The molecule has 0 bridgehead atoms. The molecule has 2 aromatic rings. The van der Waals surface area contributed by atoms with E-state index in [-0.39, 0.29) is 11.9 Å². The van der Waals surface area contributed by atoms with Crippen molar-refractivity contribution in [2.45, 2.75) is 26.3 Å². The number of thiazole rings is 1. The van der Waals surface area contributed by atoms with Gasteiger partial charge in [0.2, 0.25) is 0 Å². The first-order chi connectivity index (χ1) is 11.4. The van der Waals surface area contributed by atoms with Crippen molar-refractivity contribution in [1.29, 1.82) is 0 Å². The lowest BCUT2D eigenvalue weighted by Gasteiger charge is -2.22. The summed E-state index contributed by atoms with van der Waals surface area (Å²) in [6, 6.07) is 6.21. The van der Waals surface area contributed by atoms with Crippen LogP contribution in [0, 0.1) is 6.92 Å². The smallest absolute Gasteiger partial charge is 0.317 e. The Kier molecular flexibility index (Phi) is 6.20. The zero-order chi connectivity index (χ0) is 17.7. The number of aromatic nitrogens is 1. The van der Waals surface area contributed by atoms with Crippen molar-refractivity contribution >= 4 is 23.1 Å². The number of carbonyl (C=O) groups excluding carboxylic acids is 1. The van der Waals surface area contributed by atoms with Gasteiger partial charge in [-0.1, -0.05) is 19.1 Å². The molecule has 1 heterocycles. The molecule has 1 unspecified atom stereocenters. The van der Waals surface area contributed by atoms with Crippen molar-refractivity contribution in [2.75, 3.05) is 32.6 Å². The molecule has 0 spiro atoms. The molecular weight excluding hydrogens is 320 g/mol. The second kappa shape index (κ2) is 8.15. The van der Waals surface area contributed by atoms with Crippen LogP contribution in [0.5, 0.6) is 0 Å². The van der Waals surface area contributed by atoms with E-state index >= 15 is 0 Å². The average Bonchev–Trinajstić information content (AvgIpc) is 3.07. The number of nitrogens with one attached hydrogen (secondary N) is 1. The second-order valence-electron chi connectivity index (χ2n) is 6.34. The molecule has 6 heteroatoms. The van der Waals surface area contributed by atoms with Gasteiger partial charge in [-0.25, -0.2) is 9.78 Å². The first-order valence-electron chi connectivity index (χ1n) is 8.03. The molecule has 0 saturated heterocycles. The van der Waals surface area contributed by atoms with Gasteiger partial charge >= 0.3 is 6.03 Å². The lowest BCUT2D eigenvalue weighted by Crippen LogP contribution is -2.39. The van der Waals surface area contributed by atoms with Crippen molar-refractivity contribution < 1.29 is 4.79 Å². The van der Waals surface area contributed by atoms with Crippen LogP contribution >= 0.6 is 11.3 Å². The normalized spacial score (nSPS) is 11.9. The third kappa shape index (κ3) is 4.71. The predicted molar refractivity (Wildman–Crippen MR) is 101 cm³/mol. The molecular formula is C18H26N4OS. The standard InChI is InChI=1S/C18H26N4OS/c1-13-6-7-15(16(10-13)21(3)4)11-20-18(23)22(5)12-14(2)17-19-8-9-24-17/h6-10,14H,11-12H2,1-5H3,(H,20,23). The fourth-order valence-corrected chi connectivity index (χ4v) is 3.28. The summed E-state index contributed by atoms with van der Waals surface area (Å²) in [7, 11) is 5.85. The zero-order valence-corrected chi connectivity index (χ0v) is 15.9. The van der Waals surface area contributed by atoms with E-state index in [0.29, 0.717) is 13.1 Å². The molecule has 1 aromatic carbocycles. The average molecular weight is 347 g/mol. The van der Waals surface area contributed by atoms with E-state index in [2.05, 4.69) is 47.2 Å². The fourth-order valence-electron chi connectivity index (χ4n) is 2.60. The Labute approximate surface area is 148 Å². The van der Waals surface area contributed by atoms with Gasteiger partial charge in [-0.05, 0) is 24.1 Å². The number of hydrogen-bond donors (Lipinski definition) is 1. The number of urea groups is 1.